The van der Waals surface area contributed by atoms with Crippen molar-refractivity contribution < 1.29 is 22.4 Å². The van der Waals surface area contributed by atoms with Gasteiger partial charge in [-0.25, -0.2) is 8.42 Å². The molecule has 0 atom stereocenters. The fraction of sp³-hybridized carbons (Fsp3) is 0.368. The number of furan rings is 1. The van der Waals surface area contributed by atoms with Gasteiger partial charge in [0.25, 0.3) is 9.05 Å². The molecule has 26 heavy (non-hydrogen) atoms. The zero-order valence-corrected chi connectivity index (χ0v) is 16.2. The van der Waals surface area contributed by atoms with Crippen LogP contribution in [0.25, 0.3) is 11.3 Å². The fourth-order valence-corrected chi connectivity index (χ4v) is 5.34. The van der Waals surface area contributed by atoms with Gasteiger partial charge in [0.05, 0.1) is 5.56 Å². The van der Waals surface area contributed by atoms with Gasteiger partial charge in [-0.3, -0.25) is 9.59 Å². The van der Waals surface area contributed by atoms with Crippen molar-refractivity contribution in [2.45, 2.75) is 50.5 Å². The summed E-state index contributed by atoms with van der Waals surface area (Å²) < 4.78 is 29.0. The number of rotatable bonds is 1. The van der Waals surface area contributed by atoms with Crippen LogP contribution in [-0.2, 0) is 20.9 Å². The number of benzene rings is 1. The largest absolute Gasteiger partial charge is 0.442 e. The molecule has 7 heteroatoms. The van der Waals surface area contributed by atoms with Gasteiger partial charge in [-0.2, -0.15) is 0 Å². The Balaban J connectivity index is 2.08. The minimum absolute atomic E-state index is 0.00301. The first-order chi connectivity index (χ1) is 12.0. The summed E-state index contributed by atoms with van der Waals surface area (Å²) in [4.78, 5) is 25.6. The Kier molecular flexibility index (Phi) is 3.57. The Morgan fingerprint density at radius 2 is 1.77 bits per heavy atom. The van der Waals surface area contributed by atoms with Gasteiger partial charge in [0.1, 0.15) is 5.76 Å². The Labute approximate surface area is 155 Å². The van der Waals surface area contributed by atoms with Crippen LogP contribution < -0.4 is 0 Å². The molecule has 1 heterocycles. The fourth-order valence-electron chi connectivity index (χ4n) is 4.25. The third kappa shape index (κ3) is 2.25. The van der Waals surface area contributed by atoms with E-state index in [0.29, 0.717) is 17.5 Å². The minimum atomic E-state index is -4.16. The second kappa shape index (κ2) is 5.30. The average Bonchev–Trinajstić information content (AvgIpc) is 2.89. The summed E-state index contributed by atoms with van der Waals surface area (Å²) in [6, 6.07) is 3.70. The summed E-state index contributed by atoms with van der Waals surface area (Å²) in [5, 5.41) is -0.476. The van der Waals surface area contributed by atoms with Crippen molar-refractivity contribution in [3.8, 4) is 11.3 Å². The Morgan fingerprint density at radius 1 is 1.12 bits per heavy atom. The first-order valence-electron chi connectivity index (χ1n) is 8.38. The maximum Gasteiger partial charge on any atom is 0.294 e. The van der Waals surface area contributed by atoms with Crippen LogP contribution in [0, 0.1) is 6.92 Å². The lowest BCUT2D eigenvalue weighted by Crippen LogP contribution is -2.29. The van der Waals surface area contributed by atoms with E-state index in [1.54, 1.807) is 6.07 Å². The minimum Gasteiger partial charge on any atom is -0.442 e. The van der Waals surface area contributed by atoms with Crippen molar-refractivity contribution in [2.75, 3.05) is 0 Å². The highest BCUT2D eigenvalue weighted by Crippen LogP contribution is 2.46. The molecule has 5 nitrogen and oxygen atoms in total. The zero-order valence-electron chi connectivity index (χ0n) is 14.6. The Hall–Kier alpha value is -1.92. The standard InChI is InChI=1S/C19H17ClO5S/c1-9-13-15(21)16(22)14-10-5-4-8-19(2,3)12(10)7-6-11(14)17(13)25-18(9)26(20,23)24/h6-7H,4-5,8H2,1-3H3. The average molecular weight is 393 g/mol. The molecular weight excluding hydrogens is 376 g/mol. The van der Waals surface area contributed by atoms with Crippen LogP contribution >= 0.6 is 10.7 Å². The van der Waals surface area contributed by atoms with Crippen LogP contribution in [0.3, 0.4) is 0 Å². The highest BCUT2D eigenvalue weighted by Gasteiger charge is 2.41. The van der Waals surface area contributed by atoms with Crippen LogP contribution in [0.1, 0.15) is 64.1 Å². The smallest absolute Gasteiger partial charge is 0.294 e. The SMILES string of the molecule is Cc1c(S(=O)(=O)Cl)oc2c1C(=O)C(=O)c1c-2ccc2c1CCCC2(C)C. The molecule has 1 aromatic carbocycles. The number of hydrogen-bond donors (Lipinski definition) is 0. The number of Topliss-reactive ketones (excluding diaryl/α,β-unsaturated/α-hetero) is 2. The van der Waals surface area contributed by atoms with Gasteiger partial charge in [0, 0.05) is 27.4 Å². The van der Waals surface area contributed by atoms with Gasteiger partial charge in [0.2, 0.25) is 16.7 Å². The van der Waals surface area contributed by atoms with E-state index in [4.69, 9.17) is 15.1 Å². The van der Waals surface area contributed by atoms with E-state index in [0.717, 1.165) is 24.0 Å². The lowest BCUT2D eigenvalue weighted by Gasteiger charge is -2.34. The zero-order chi connectivity index (χ0) is 19.0. The summed E-state index contributed by atoms with van der Waals surface area (Å²) in [6.45, 7) is 5.66. The Bertz CT molecular complexity index is 1110. The summed E-state index contributed by atoms with van der Waals surface area (Å²) in [5.74, 6) is -1.23. The monoisotopic (exact) mass is 392 g/mol. The van der Waals surface area contributed by atoms with Crippen molar-refractivity contribution >= 4 is 31.3 Å². The molecule has 0 amide bonds. The molecule has 0 saturated heterocycles. The molecular formula is C19H17ClO5S. The molecule has 0 N–H and O–H groups in total. The predicted octanol–water partition coefficient (Wildman–Crippen LogP) is 4.18. The highest BCUT2D eigenvalue weighted by molar-refractivity contribution is 8.13. The number of fused-ring (bicyclic) bond motifs is 5. The van der Waals surface area contributed by atoms with Gasteiger partial charge in [-0.15, -0.1) is 0 Å². The van der Waals surface area contributed by atoms with E-state index in [2.05, 4.69) is 13.8 Å². The molecule has 136 valence electrons. The van der Waals surface area contributed by atoms with E-state index < -0.39 is 25.7 Å². The lowest BCUT2D eigenvalue weighted by atomic mass is 9.69. The van der Waals surface area contributed by atoms with E-state index in [1.807, 2.05) is 6.07 Å². The summed E-state index contributed by atoms with van der Waals surface area (Å²) in [5.41, 5.74) is 2.73. The number of halogens is 1. The van der Waals surface area contributed by atoms with Gasteiger partial charge in [-0.05, 0) is 42.7 Å². The van der Waals surface area contributed by atoms with Crippen molar-refractivity contribution in [2.24, 2.45) is 0 Å². The second-order valence-corrected chi connectivity index (χ2v) is 10.0. The Morgan fingerprint density at radius 3 is 2.42 bits per heavy atom. The lowest BCUT2D eigenvalue weighted by molar-refractivity contribution is 0.0813. The van der Waals surface area contributed by atoms with Crippen molar-refractivity contribution in [1.29, 1.82) is 0 Å². The molecule has 0 unspecified atom stereocenters. The topological polar surface area (TPSA) is 81.4 Å². The molecule has 0 bridgehead atoms. The van der Waals surface area contributed by atoms with E-state index in [-0.39, 0.29) is 22.3 Å². The molecule has 0 fully saturated rings. The van der Waals surface area contributed by atoms with Gasteiger partial charge in [-0.1, -0.05) is 26.0 Å². The molecule has 0 aliphatic heterocycles. The maximum atomic E-state index is 12.9. The third-order valence-electron chi connectivity index (χ3n) is 5.50. The summed E-state index contributed by atoms with van der Waals surface area (Å²) >= 11 is 0. The first kappa shape index (κ1) is 17.5. The van der Waals surface area contributed by atoms with E-state index >= 15 is 0 Å². The third-order valence-corrected chi connectivity index (χ3v) is 6.75. The number of carbonyl (C=O) groups is 2. The number of hydrogen-bond acceptors (Lipinski definition) is 5. The molecule has 0 radical (unpaired) electrons. The first-order valence-corrected chi connectivity index (χ1v) is 10.7. The van der Waals surface area contributed by atoms with Crippen molar-refractivity contribution in [3.63, 3.8) is 0 Å². The molecule has 2 aliphatic carbocycles. The van der Waals surface area contributed by atoms with Crippen LogP contribution in [0.5, 0.6) is 0 Å². The highest BCUT2D eigenvalue weighted by atomic mass is 35.7. The number of ketones is 2. The van der Waals surface area contributed by atoms with E-state index in [9.17, 15) is 18.0 Å². The molecule has 2 aromatic rings. The molecule has 0 saturated carbocycles. The van der Waals surface area contributed by atoms with Crippen molar-refractivity contribution in [1.82, 2.24) is 0 Å². The summed E-state index contributed by atoms with van der Waals surface area (Å²) in [7, 11) is 1.26. The molecule has 0 spiro atoms. The second-order valence-electron chi connectivity index (χ2n) is 7.57. The summed E-state index contributed by atoms with van der Waals surface area (Å²) in [6.07, 6.45) is 2.63. The van der Waals surface area contributed by atoms with Gasteiger partial charge < -0.3 is 4.42 Å². The quantitative estimate of drug-likeness (QED) is 0.537. The van der Waals surface area contributed by atoms with Crippen LogP contribution in [0.15, 0.2) is 21.6 Å². The van der Waals surface area contributed by atoms with Crippen LogP contribution in [-0.4, -0.2) is 20.0 Å². The normalized spacial score (nSPS) is 18.3. The predicted molar refractivity (Wildman–Crippen MR) is 96.5 cm³/mol. The molecule has 2 aliphatic rings. The molecule has 1 aromatic heterocycles. The molecule has 4 rings (SSSR count). The van der Waals surface area contributed by atoms with Crippen LogP contribution in [0.2, 0.25) is 0 Å². The van der Waals surface area contributed by atoms with Crippen LogP contribution in [0.4, 0.5) is 0 Å². The van der Waals surface area contributed by atoms with Gasteiger partial charge >= 0.3 is 0 Å². The van der Waals surface area contributed by atoms with Gasteiger partial charge in [0.15, 0.2) is 0 Å². The van der Waals surface area contributed by atoms with E-state index in [1.165, 1.54) is 6.92 Å². The van der Waals surface area contributed by atoms with Crippen molar-refractivity contribution in [3.05, 3.63) is 39.9 Å². The maximum absolute atomic E-state index is 12.9. The number of carbonyl (C=O) groups excluding carboxylic acids is 2.